The summed E-state index contributed by atoms with van der Waals surface area (Å²) in [5, 5.41) is 0.333. The standard InChI is InChI=1S/C21H25N5O6/c1-2-26-18(28)15-4-3-14(13-16(15)22-21(26)31)17(27)23-5-7-24(8-6-23)19(29)20(30)25-9-11-32-12-10-25/h3-4,13H,2,5-12H2,1H3,(H,22,31). The summed E-state index contributed by atoms with van der Waals surface area (Å²) in [4.78, 5) is 69.6. The van der Waals surface area contributed by atoms with Gasteiger partial charge in [0.05, 0.1) is 24.1 Å². The summed E-state index contributed by atoms with van der Waals surface area (Å²) in [6.45, 7) is 4.68. The van der Waals surface area contributed by atoms with Crippen LogP contribution in [0, 0.1) is 0 Å². The van der Waals surface area contributed by atoms with Crippen LogP contribution in [0.15, 0.2) is 27.8 Å². The van der Waals surface area contributed by atoms with Gasteiger partial charge in [-0.25, -0.2) is 4.79 Å². The van der Waals surface area contributed by atoms with Crippen LogP contribution in [0.3, 0.4) is 0 Å². The lowest BCUT2D eigenvalue weighted by atomic mass is 10.1. The number of rotatable bonds is 2. The number of ether oxygens (including phenoxy) is 1. The van der Waals surface area contributed by atoms with E-state index in [-0.39, 0.29) is 38.6 Å². The lowest BCUT2D eigenvalue weighted by Gasteiger charge is -2.36. The molecule has 0 radical (unpaired) electrons. The Balaban J connectivity index is 1.43. The molecule has 1 aromatic heterocycles. The number of piperazine rings is 1. The van der Waals surface area contributed by atoms with Crippen molar-refractivity contribution < 1.29 is 19.1 Å². The number of aromatic amines is 1. The molecular formula is C21H25N5O6. The highest BCUT2D eigenvalue weighted by Gasteiger charge is 2.31. The van der Waals surface area contributed by atoms with Gasteiger partial charge in [-0.15, -0.1) is 0 Å². The van der Waals surface area contributed by atoms with Gasteiger partial charge in [0.1, 0.15) is 0 Å². The Morgan fingerprint density at radius 1 is 0.906 bits per heavy atom. The minimum atomic E-state index is -0.561. The van der Waals surface area contributed by atoms with Crippen molar-refractivity contribution in [2.75, 3.05) is 52.5 Å². The molecule has 0 atom stereocenters. The van der Waals surface area contributed by atoms with Crippen LogP contribution in [0.2, 0.25) is 0 Å². The highest BCUT2D eigenvalue weighted by atomic mass is 16.5. The third-order valence-electron chi connectivity index (χ3n) is 5.88. The molecule has 3 amide bonds. The molecule has 0 spiro atoms. The van der Waals surface area contributed by atoms with E-state index < -0.39 is 23.1 Å². The second-order valence-electron chi connectivity index (χ2n) is 7.73. The fourth-order valence-corrected chi connectivity index (χ4v) is 4.01. The molecule has 1 N–H and O–H groups in total. The number of carbonyl (C=O) groups excluding carboxylic acids is 3. The van der Waals surface area contributed by atoms with Crippen LogP contribution >= 0.6 is 0 Å². The topological polar surface area (TPSA) is 125 Å². The normalized spacial score (nSPS) is 17.0. The predicted octanol–water partition coefficient (Wildman–Crippen LogP) is -1.15. The Hall–Kier alpha value is -3.47. The maximum absolute atomic E-state index is 13.0. The van der Waals surface area contributed by atoms with Gasteiger partial charge in [-0.05, 0) is 25.1 Å². The summed E-state index contributed by atoms with van der Waals surface area (Å²) in [6, 6.07) is 4.59. The first kappa shape index (κ1) is 21.8. The van der Waals surface area contributed by atoms with Crippen molar-refractivity contribution in [1.82, 2.24) is 24.3 Å². The van der Waals surface area contributed by atoms with Crippen molar-refractivity contribution in [2.45, 2.75) is 13.5 Å². The maximum Gasteiger partial charge on any atom is 0.328 e. The van der Waals surface area contributed by atoms with Gasteiger partial charge in [0.25, 0.3) is 11.5 Å². The Kier molecular flexibility index (Phi) is 6.08. The zero-order valence-corrected chi connectivity index (χ0v) is 17.8. The van der Waals surface area contributed by atoms with Crippen molar-refractivity contribution in [3.05, 3.63) is 44.6 Å². The summed E-state index contributed by atoms with van der Waals surface area (Å²) >= 11 is 0. The van der Waals surface area contributed by atoms with Crippen LogP contribution in [0.1, 0.15) is 17.3 Å². The van der Waals surface area contributed by atoms with E-state index in [4.69, 9.17) is 4.74 Å². The molecule has 11 heteroatoms. The number of hydrogen-bond donors (Lipinski definition) is 1. The number of amides is 3. The third-order valence-corrected chi connectivity index (χ3v) is 5.88. The average molecular weight is 443 g/mol. The second-order valence-corrected chi connectivity index (χ2v) is 7.73. The largest absolute Gasteiger partial charge is 0.378 e. The summed E-state index contributed by atoms with van der Waals surface area (Å²) < 4.78 is 6.30. The van der Waals surface area contributed by atoms with Crippen LogP contribution in [-0.2, 0) is 20.9 Å². The Morgan fingerprint density at radius 3 is 2.12 bits per heavy atom. The van der Waals surface area contributed by atoms with E-state index >= 15 is 0 Å². The summed E-state index contributed by atoms with van der Waals surface area (Å²) in [5.41, 5.74) is -0.277. The molecule has 0 unspecified atom stereocenters. The van der Waals surface area contributed by atoms with E-state index in [2.05, 4.69) is 4.98 Å². The molecule has 0 saturated carbocycles. The number of H-pyrrole nitrogens is 1. The number of nitrogens with one attached hydrogen (secondary N) is 1. The van der Waals surface area contributed by atoms with Gasteiger partial charge in [0.2, 0.25) is 0 Å². The lowest BCUT2D eigenvalue weighted by Crippen LogP contribution is -2.55. The molecule has 170 valence electrons. The highest BCUT2D eigenvalue weighted by molar-refractivity contribution is 6.35. The SMILES string of the molecule is CCn1c(=O)[nH]c2cc(C(=O)N3CCN(C(=O)C(=O)N4CCOCC4)CC3)ccc2c1=O. The molecule has 2 fully saturated rings. The zero-order valence-electron chi connectivity index (χ0n) is 17.8. The van der Waals surface area contributed by atoms with Gasteiger partial charge >= 0.3 is 17.5 Å². The minimum absolute atomic E-state index is 0.252. The maximum atomic E-state index is 13.0. The van der Waals surface area contributed by atoms with Gasteiger partial charge in [-0.1, -0.05) is 0 Å². The van der Waals surface area contributed by atoms with Crippen molar-refractivity contribution in [3.63, 3.8) is 0 Å². The number of morpholine rings is 1. The molecule has 32 heavy (non-hydrogen) atoms. The number of aromatic nitrogens is 2. The van der Waals surface area contributed by atoms with Gasteiger partial charge in [0, 0.05) is 51.4 Å². The fraction of sp³-hybridized carbons (Fsp3) is 0.476. The van der Waals surface area contributed by atoms with Crippen molar-refractivity contribution >= 4 is 28.6 Å². The second kappa shape index (κ2) is 8.95. The molecule has 1 aromatic carbocycles. The molecule has 2 aliphatic heterocycles. The molecule has 0 aliphatic carbocycles. The highest BCUT2D eigenvalue weighted by Crippen LogP contribution is 2.14. The van der Waals surface area contributed by atoms with E-state index in [1.54, 1.807) is 17.9 Å². The van der Waals surface area contributed by atoms with Crippen LogP contribution in [0.4, 0.5) is 0 Å². The smallest absolute Gasteiger partial charge is 0.328 e. The number of hydrogen-bond acceptors (Lipinski definition) is 6. The molecular weight excluding hydrogens is 418 g/mol. The summed E-state index contributed by atoms with van der Waals surface area (Å²) in [7, 11) is 0. The van der Waals surface area contributed by atoms with E-state index in [1.165, 1.54) is 21.9 Å². The first-order chi connectivity index (χ1) is 15.4. The lowest BCUT2D eigenvalue weighted by molar-refractivity contribution is -0.154. The summed E-state index contributed by atoms with van der Waals surface area (Å²) in [6.07, 6.45) is 0. The van der Waals surface area contributed by atoms with Crippen molar-refractivity contribution in [2.24, 2.45) is 0 Å². The van der Waals surface area contributed by atoms with Crippen LogP contribution < -0.4 is 11.2 Å². The third kappa shape index (κ3) is 4.03. The quantitative estimate of drug-likeness (QED) is 0.585. The molecule has 3 heterocycles. The predicted molar refractivity (Wildman–Crippen MR) is 114 cm³/mol. The zero-order chi connectivity index (χ0) is 22.8. The number of fused-ring (bicyclic) bond motifs is 1. The Morgan fingerprint density at radius 2 is 1.50 bits per heavy atom. The first-order valence-electron chi connectivity index (χ1n) is 10.6. The van der Waals surface area contributed by atoms with E-state index in [9.17, 15) is 24.0 Å². The molecule has 11 nitrogen and oxygen atoms in total. The monoisotopic (exact) mass is 443 g/mol. The number of benzene rings is 1. The van der Waals surface area contributed by atoms with Crippen molar-refractivity contribution in [1.29, 1.82) is 0 Å². The minimum Gasteiger partial charge on any atom is -0.378 e. The van der Waals surface area contributed by atoms with E-state index in [0.29, 0.717) is 42.8 Å². The molecule has 4 rings (SSSR count). The fourth-order valence-electron chi connectivity index (χ4n) is 4.01. The summed E-state index contributed by atoms with van der Waals surface area (Å²) in [5.74, 6) is -1.36. The number of carbonyl (C=O) groups is 3. The molecule has 2 saturated heterocycles. The van der Waals surface area contributed by atoms with Crippen LogP contribution in [0.5, 0.6) is 0 Å². The van der Waals surface area contributed by atoms with Gasteiger partial charge < -0.3 is 24.4 Å². The van der Waals surface area contributed by atoms with Crippen molar-refractivity contribution in [3.8, 4) is 0 Å². The molecule has 0 bridgehead atoms. The molecule has 2 aliphatic rings. The number of nitrogens with zero attached hydrogens (tertiary/aromatic N) is 4. The van der Waals surface area contributed by atoms with E-state index in [1.807, 2.05) is 0 Å². The van der Waals surface area contributed by atoms with Crippen LogP contribution in [0.25, 0.3) is 10.9 Å². The van der Waals surface area contributed by atoms with Crippen LogP contribution in [-0.4, -0.2) is 94.5 Å². The van der Waals surface area contributed by atoms with Gasteiger partial charge in [-0.3, -0.25) is 23.7 Å². The van der Waals surface area contributed by atoms with Gasteiger partial charge in [0.15, 0.2) is 0 Å². The Labute approximate surface area is 183 Å². The average Bonchev–Trinajstić information content (AvgIpc) is 2.83. The first-order valence-corrected chi connectivity index (χ1v) is 10.6. The van der Waals surface area contributed by atoms with E-state index in [0.717, 1.165) is 4.57 Å². The molecule has 2 aromatic rings. The Bertz CT molecular complexity index is 1170. The van der Waals surface area contributed by atoms with Gasteiger partial charge in [-0.2, -0.15) is 0 Å².